The van der Waals surface area contributed by atoms with Crippen molar-refractivity contribution >= 4 is 5.69 Å². The number of rotatable bonds is 2. The van der Waals surface area contributed by atoms with Crippen LogP contribution in [0.15, 0.2) is 42.7 Å². The highest BCUT2D eigenvalue weighted by Crippen LogP contribution is 2.17. The molecule has 70 valence electrons. The topological polar surface area (TPSA) is 37.8 Å². The maximum atomic E-state index is 4.19. The van der Waals surface area contributed by atoms with Crippen LogP contribution in [-0.4, -0.2) is 17.0 Å². The third kappa shape index (κ3) is 1.71. The summed E-state index contributed by atoms with van der Waals surface area (Å²) in [6, 6.07) is 9.82. The Morgan fingerprint density at radius 2 is 1.86 bits per heavy atom. The zero-order valence-electron chi connectivity index (χ0n) is 7.94. The summed E-state index contributed by atoms with van der Waals surface area (Å²) in [6.07, 6.45) is 3.49. The van der Waals surface area contributed by atoms with Gasteiger partial charge in [-0.1, -0.05) is 12.1 Å². The van der Waals surface area contributed by atoms with Crippen LogP contribution in [0.5, 0.6) is 0 Å². The standard InChI is InChI=1S/C11H11N3/c1-12-10-5-2-4-9(8-10)11-13-6-3-7-14-11/h2-8,12H,1H3. The molecule has 0 unspecified atom stereocenters. The molecule has 0 saturated heterocycles. The number of hydrogen-bond donors (Lipinski definition) is 1. The first-order valence-electron chi connectivity index (χ1n) is 4.45. The van der Waals surface area contributed by atoms with E-state index < -0.39 is 0 Å². The molecule has 3 nitrogen and oxygen atoms in total. The molecule has 2 rings (SSSR count). The van der Waals surface area contributed by atoms with E-state index in [4.69, 9.17) is 0 Å². The van der Waals surface area contributed by atoms with Gasteiger partial charge in [0.15, 0.2) is 5.82 Å². The fourth-order valence-electron chi connectivity index (χ4n) is 1.26. The van der Waals surface area contributed by atoms with Gasteiger partial charge in [0.1, 0.15) is 0 Å². The summed E-state index contributed by atoms with van der Waals surface area (Å²) in [5.41, 5.74) is 2.09. The molecule has 14 heavy (non-hydrogen) atoms. The van der Waals surface area contributed by atoms with E-state index in [-0.39, 0.29) is 0 Å². The molecule has 0 aliphatic rings. The minimum Gasteiger partial charge on any atom is -0.388 e. The molecule has 0 spiro atoms. The van der Waals surface area contributed by atoms with E-state index in [0.717, 1.165) is 17.1 Å². The summed E-state index contributed by atoms with van der Waals surface area (Å²) >= 11 is 0. The first-order valence-corrected chi connectivity index (χ1v) is 4.45. The fraction of sp³-hybridized carbons (Fsp3) is 0.0909. The summed E-state index contributed by atoms with van der Waals surface area (Å²) in [5.74, 6) is 0.754. The van der Waals surface area contributed by atoms with E-state index in [1.807, 2.05) is 37.4 Å². The van der Waals surface area contributed by atoms with E-state index in [9.17, 15) is 0 Å². The number of aromatic nitrogens is 2. The van der Waals surface area contributed by atoms with Gasteiger partial charge in [-0.2, -0.15) is 0 Å². The summed E-state index contributed by atoms with van der Waals surface area (Å²) in [7, 11) is 1.89. The van der Waals surface area contributed by atoms with Crippen molar-refractivity contribution in [3.63, 3.8) is 0 Å². The number of benzene rings is 1. The van der Waals surface area contributed by atoms with Crippen LogP contribution in [0.25, 0.3) is 11.4 Å². The van der Waals surface area contributed by atoms with E-state index in [1.165, 1.54) is 0 Å². The highest BCUT2D eigenvalue weighted by molar-refractivity contribution is 5.61. The van der Waals surface area contributed by atoms with E-state index >= 15 is 0 Å². The van der Waals surface area contributed by atoms with Crippen molar-refractivity contribution in [3.05, 3.63) is 42.7 Å². The number of hydrogen-bond acceptors (Lipinski definition) is 3. The molecule has 0 aliphatic heterocycles. The van der Waals surface area contributed by atoms with E-state index in [2.05, 4.69) is 15.3 Å². The van der Waals surface area contributed by atoms with Gasteiger partial charge in [-0.05, 0) is 18.2 Å². The maximum Gasteiger partial charge on any atom is 0.159 e. The molecular weight excluding hydrogens is 174 g/mol. The second-order valence-corrected chi connectivity index (χ2v) is 2.90. The van der Waals surface area contributed by atoms with Gasteiger partial charge in [0, 0.05) is 30.7 Å². The van der Waals surface area contributed by atoms with Crippen LogP contribution in [0.4, 0.5) is 5.69 Å². The lowest BCUT2D eigenvalue weighted by Crippen LogP contribution is -1.90. The molecule has 3 heteroatoms. The van der Waals surface area contributed by atoms with Crippen LogP contribution in [0.1, 0.15) is 0 Å². The van der Waals surface area contributed by atoms with Gasteiger partial charge in [0.25, 0.3) is 0 Å². The minimum absolute atomic E-state index is 0.754. The Labute approximate surface area is 82.8 Å². The predicted octanol–water partition coefficient (Wildman–Crippen LogP) is 2.19. The van der Waals surface area contributed by atoms with Gasteiger partial charge in [-0.15, -0.1) is 0 Å². The number of nitrogens with one attached hydrogen (secondary N) is 1. The molecule has 0 atom stereocenters. The Morgan fingerprint density at radius 3 is 2.57 bits per heavy atom. The summed E-state index contributed by atoms with van der Waals surface area (Å²) in [6.45, 7) is 0. The van der Waals surface area contributed by atoms with Gasteiger partial charge in [-0.3, -0.25) is 0 Å². The zero-order chi connectivity index (χ0) is 9.80. The van der Waals surface area contributed by atoms with Crippen LogP contribution >= 0.6 is 0 Å². The van der Waals surface area contributed by atoms with Crippen LogP contribution in [-0.2, 0) is 0 Å². The second kappa shape index (κ2) is 3.87. The van der Waals surface area contributed by atoms with Gasteiger partial charge in [-0.25, -0.2) is 9.97 Å². The Hall–Kier alpha value is -1.90. The van der Waals surface area contributed by atoms with E-state index in [1.54, 1.807) is 12.4 Å². The highest BCUT2D eigenvalue weighted by atomic mass is 14.9. The molecular formula is C11H11N3. The average Bonchev–Trinajstić information content (AvgIpc) is 2.30. The highest BCUT2D eigenvalue weighted by Gasteiger charge is 1.99. The SMILES string of the molecule is CNc1cccc(-c2ncccn2)c1. The molecule has 0 fully saturated rings. The molecule has 0 saturated carbocycles. The van der Waals surface area contributed by atoms with Gasteiger partial charge in [0.05, 0.1) is 0 Å². The van der Waals surface area contributed by atoms with Gasteiger partial charge in [0.2, 0.25) is 0 Å². The summed E-state index contributed by atoms with van der Waals surface area (Å²) in [4.78, 5) is 8.37. The van der Waals surface area contributed by atoms with Gasteiger partial charge >= 0.3 is 0 Å². The van der Waals surface area contributed by atoms with Crippen molar-refractivity contribution in [2.75, 3.05) is 12.4 Å². The lowest BCUT2D eigenvalue weighted by Gasteiger charge is -2.02. The third-order valence-electron chi connectivity index (χ3n) is 1.98. The van der Waals surface area contributed by atoms with Crippen LogP contribution in [0.2, 0.25) is 0 Å². The quantitative estimate of drug-likeness (QED) is 0.779. The van der Waals surface area contributed by atoms with E-state index in [0.29, 0.717) is 0 Å². The molecule has 1 N–H and O–H groups in total. The zero-order valence-corrected chi connectivity index (χ0v) is 7.94. The first kappa shape index (κ1) is 8.69. The fourth-order valence-corrected chi connectivity index (χ4v) is 1.26. The van der Waals surface area contributed by atoms with Crippen LogP contribution in [0, 0.1) is 0 Å². The Bertz CT molecular complexity index is 412. The molecule has 1 heterocycles. The molecule has 0 amide bonds. The number of anilines is 1. The van der Waals surface area contributed by atoms with Crippen molar-refractivity contribution in [3.8, 4) is 11.4 Å². The lowest BCUT2D eigenvalue weighted by molar-refractivity contribution is 1.18. The largest absolute Gasteiger partial charge is 0.388 e. The summed E-state index contributed by atoms with van der Waals surface area (Å²) in [5, 5.41) is 3.08. The maximum absolute atomic E-state index is 4.19. The van der Waals surface area contributed by atoms with Crippen molar-refractivity contribution in [1.29, 1.82) is 0 Å². The van der Waals surface area contributed by atoms with Crippen molar-refractivity contribution in [2.24, 2.45) is 0 Å². The van der Waals surface area contributed by atoms with Crippen molar-refractivity contribution in [2.45, 2.75) is 0 Å². The minimum atomic E-state index is 0.754. The molecule has 0 aliphatic carbocycles. The predicted molar refractivity (Wildman–Crippen MR) is 57.0 cm³/mol. The molecule has 1 aromatic carbocycles. The molecule has 0 radical (unpaired) electrons. The van der Waals surface area contributed by atoms with Crippen LogP contribution < -0.4 is 5.32 Å². The monoisotopic (exact) mass is 185 g/mol. The normalized spacial score (nSPS) is 9.79. The van der Waals surface area contributed by atoms with Gasteiger partial charge < -0.3 is 5.32 Å². The lowest BCUT2D eigenvalue weighted by atomic mass is 10.2. The molecule has 0 bridgehead atoms. The summed E-state index contributed by atoms with van der Waals surface area (Å²) < 4.78 is 0. The third-order valence-corrected chi connectivity index (χ3v) is 1.98. The Balaban J connectivity index is 2.42. The molecule has 2 aromatic rings. The Morgan fingerprint density at radius 1 is 1.07 bits per heavy atom. The first-order chi connectivity index (χ1) is 6.90. The van der Waals surface area contributed by atoms with Crippen LogP contribution in [0.3, 0.4) is 0 Å². The number of nitrogens with zero attached hydrogens (tertiary/aromatic N) is 2. The second-order valence-electron chi connectivity index (χ2n) is 2.90. The van der Waals surface area contributed by atoms with Crippen molar-refractivity contribution < 1.29 is 0 Å². The average molecular weight is 185 g/mol. The Kier molecular flexibility index (Phi) is 2.40. The molecule has 1 aromatic heterocycles. The smallest absolute Gasteiger partial charge is 0.159 e. The van der Waals surface area contributed by atoms with Crippen molar-refractivity contribution in [1.82, 2.24) is 9.97 Å².